The van der Waals surface area contributed by atoms with Crippen molar-refractivity contribution in [2.45, 2.75) is 4.33 Å². The van der Waals surface area contributed by atoms with E-state index in [1.165, 1.54) is 0 Å². The number of halogens is 3. The molecular weight excluding hydrogens is 142 g/mol. The van der Waals surface area contributed by atoms with E-state index in [0.29, 0.717) is 5.03 Å². The second kappa shape index (κ2) is 1.02. The van der Waals surface area contributed by atoms with E-state index < -0.39 is 4.33 Å². The third kappa shape index (κ3) is 0.618. The van der Waals surface area contributed by atoms with E-state index in [4.69, 9.17) is 34.8 Å². The molecule has 0 radical (unpaired) electrons. The molecule has 1 rings (SSSR count). The largest absolute Gasteiger partial charge is 0.419 e. The van der Waals surface area contributed by atoms with Crippen molar-refractivity contribution >= 4 is 34.8 Å². The van der Waals surface area contributed by atoms with Crippen molar-refractivity contribution in [1.29, 1.82) is 0 Å². The maximum absolute atomic E-state index is 5.28. The molecule has 1 aliphatic carbocycles. The van der Waals surface area contributed by atoms with Crippen LogP contribution in [0.4, 0.5) is 0 Å². The van der Waals surface area contributed by atoms with Gasteiger partial charge in [-0.25, -0.2) is 0 Å². The van der Waals surface area contributed by atoms with Crippen molar-refractivity contribution in [2.75, 3.05) is 0 Å². The predicted octanol–water partition coefficient (Wildman–Crippen LogP) is 2.10. The van der Waals surface area contributed by atoms with E-state index in [1.807, 2.05) is 0 Å². The van der Waals surface area contributed by atoms with E-state index in [9.17, 15) is 0 Å². The van der Waals surface area contributed by atoms with Gasteiger partial charge < -0.3 is 0 Å². The molecule has 0 N–H and O–H groups in total. The summed E-state index contributed by atoms with van der Waals surface area (Å²) in [6, 6.07) is 0. The van der Waals surface area contributed by atoms with Crippen molar-refractivity contribution in [3.05, 3.63) is 11.1 Å². The third-order valence-corrected chi connectivity index (χ3v) is 1.62. The van der Waals surface area contributed by atoms with Crippen LogP contribution in [0, 0.1) is 6.08 Å². The van der Waals surface area contributed by atoms with Gasteiger partial charge in [-0.1, -0.05) is 0 Å². The Morgan fingerprint density at radius 3 is 1.67 bits per heavy atom. The van der Waals surface area contributed by atoms with Crippen LogP contribution < -0.4 is 0 Å². The summed E-state index contributed by atoms with van der Waals surface area (Å²) in [6.45, 7) is 0. The van der Waals surface area contributed by atoms with E-state index >= 15 is 0 Å². The standard InChI is InChI=1S/C3Cl3/c4-2-1-3(2,5)6/q+1. The summed E-state index contributed by atoms with van der Waals surface area (Å²) in [5.41, 5.74) is 0. The molecule has 0 aromatic carbocycles. The molecule has 0 fully saturated rings. The van der Waals surface area contributed by atoms with Gasteiger partial charge in [0, 0.05) is 0 Å². The van der Waals surface area contributed by atoms with Gasteiger partial charge in [-0.3, -0.25) is 0 Å². The van der Waals surface area contributed by atoms with Gasteiger partial charge in [0.2, 0.25) is 0 Å². The Labute approximate surface area is 50.7 Å². The molecule has 0 atom stereocenters. The zero-order valence-electron chi connectivity index (χ0n) is 2.63. The van der Waals surface area contributed by atoms with Gasteiger partial charge in [0.1, 0.15) is 0 Å². The maximum Gasteiger partial charge on any atom is 0.419 e. The molecule has 0 bridgehead atoms. The Balaban J connectivity index is 2.53. The highest BCUT2D eigenvalue weighted by atomic mass is 35.5. The molecule has 0 amide bonds. The lowest BCUT2D eigenvalue weighted by Gasteiger charge is -1.66. The first kappa shape index (κ1) is 4.67. The van der Waals surface area contributed by atoms with Crippen LogP contribution in [0.3, 0.4) is 0 Å². The fraction of sp³-hybridized carbons (Fsp3) is 0.333. The van der Waals surface area contributed by atoms with Crippen LogP contribution in [0.15, 0.2) is 5.03 Å². The molecule has 1 aliphatic rings. The first-order valence-corrected chi connectivity index (χ1v) is 2.45. The normalized spacial score (nSPS) is 24.8. The minimum atomic E-state index is -0.915. The Bertz CT molecular complexity index is 103. The Morgan fingerprint density at radius 2 is 1.67 bits per heavy atom. The van der Waals surface area contributed by atoms with Gasteiger partial charge in [0.15, 0.2) is 0 Å². The first-order valence-electron chi connectivity index (χ1n) is 1.32. The second-order valence-electron chi connectivity index (χ2n) is 1.01. The molecule has 0 unspecified atom stereocenters. The summed E-state index contributed by atoms with van der Waals surface area (Å²) in [7, 11) is 0. The van der Waals surface area contributed by atoms with E-state index in [0.717, 1.165) is 0 Å². The lowest BCUT2D eigenvalue weighted by atomic mass is 10.8. The van der Waals surface area contributed by atoms with Crippen molar-refractivity contribution in [3.8, 4) is 0 Å². The molecule has 0 aromatic rings. The van der Waals surface area contributed by atoms with Crippen LogP contribution in [0.1, 0.15) is 0 Å². The number of rotatable bonds is 0. The van der Waals surface area contributed by atoms with Crippen LogP contribution in [-0.2, 0) is 0 Å². The average molecular weight is 142 g/mol. The summed E-state index contributed by atoms with van der Waals surface area (Å²) in [6.07, 6.45) is 2.48. The fourth-order valence-electron chi connectivity index (χ4n) is 0.107. The zero-order valence-corrected chi connectivity index (χ0v) is 4.90. The van der Waals surface area contributed by atoms with Gasteiger partial charge in [0.05, 0.1) is 0 Å². The monoisotopic (exact) mass is 141 g/mol. The van der Waals surface area contributed by atoms with Crippen molar-refractivity contribution < 1.29 is 0 Å². The summed E-state index contributed by atoms with van der Waals surface area (Å²) >= 11 is 15.8. The minimum Gasteiger partial charge on any atom is -0.0271 e. The topological polar surface area (TPSA) is 0 Å². The molecule has 0 heterocycles. The SMILES string of the molecule is ClC1=[C+]C1(Cl)Cl. The highest BCUT2D eigenvalue weighted by Crippen LogP contribution is 2.46. The zero-order chi connectivity index (χ0) is 4.78. The van der Waals surface area contributed by atoms with Crippen molar-refractivity contribution in [2.24, 2.45) is 0 Å². The van der Waals surface area contributed by atoms with E-state index in [2.05, 4.69) is 6.08 Å². The molecule has 0 saturated carbocycles. The Morgan fingerprint density at radius 1 is 1.50 bits per heavy atom. The fourth-order valence-corrected chi connectivity index (χ4v) is 0.534. The molecule has 0 aliphatic heterocycles. The number of hydrogen-bond acceptors (Lipinski definition) is 0. The number of hydrogen-bond donors (Lipinski definition) is 0. The van der Waals surface area contributed by atoms with E-state index in [1.54, 1.807) is 0 Å². The average Bonchev–Trinajstić information content (AvgIpc) is 1.73. The third-order valence-electron chi connectivity index (χ3n) is 0.480. The summed E-state index contributed by atoms with van der Waals surface area (Å²) in [5, 5.41) is 0.408. The number of allylic oxidation sites excluding steroid dienone is 2. The lowest BCUT2D eigenvalue weighted by molar-refractivity contribution is 1.47. The molecule has 0 spiro atoms. The van der Waals surface area contributed by atoms with Crippen LogP contribution in [-0.4, -0.2) is 4.33 Å². The molecule has 0 nitrogen and oxygen atoms in total. The smallest absolute Gasteiger partial charge is 0.0271 e. The summed E-state index contributed by atoms with van der Waals surface area (Å²) in [5.74, 6) is 0. The Kier molecular flexibility index (Phi) is 0.794. The minimum absolute atomic E-state index is 0.408. The molecule has 0 aromatic heterocycles. The number of alkyl halides is 2. The highest BCUT2D eigenvalue weighted by molar-refractivity contribution is 6.61. The maximum atomic E-state index is 5.28. The lowest BCUT2D eigenvalue weighted by Crippen LogP contribution is -1.82. The molecule has 6 heavy (non-hydrogen) atoms. The predicted molar refractivity (Wildman–Crippen MR) is 27.0 cm³/mol. The van der Waals surface area contributed by atoms with Crippen LogP contribution in [0.25, 0.3) is 0 Å². The van der Waals surface area contributed by atoms with Crippen LogP contribution >= 0.6 is 34.8 Å². The summed E-state index contributed by atoms with van der Waals surface area (Å²) in [4.78, 5) is 0. The summed E-state index contributed by atoms with van der Waals surface area (Å²) < 4.78 is -0.915. The molecule has 32 valence electrons. The van der Waals surface area contributed by atoms with E-state index in [-0.39, 0.29) is 0 Å². The quantitative estimate of drug-likeness (QED) is 0.359. The van der Waals surface area contributed by atoms with Gasteiger partial charge in [-0.2, -0.15) is 0 Å². The first-order chi connectivity index (χ1) is 2.63. The second-order valence-corrected chi connectivity index (χ2v) is 2.72. The van der Waals surface area contributed by atoms with Crippen molar-refractivity contribution in [1.82, 2.24) is 0 Å². The van der Waals surface area contributed by atoms with Crippen LogP contribution in [0.5, 0.6) is 0 Å². The van der Waals surface area contributed by atoms with Gasteiger partial charge in [-0.05, 0) is 34.8 Å². The molecular formula is C3Cl3+. The van der Waals surface area contributed by atoms with Crippen LogP contribution in [0.2, 0.25) is 0 Å². The van der Waals surface area contributed by atoms with Gasteiger partial charge in [-0.15, -0.1) is 0 Å². The highest BCUT2D eigenvalue weighted by Gasteiger charge is 2.62. The molecule has 0 saturated heterocycles. The Hall–Kier alpha value is 0.520. The van der Waals surface area contributed by atoms with Gasteiger partial charge in [0.25, 0.3) is 0 Å². The van der Waals surface area contributed by atoms with Crippen molar-refractivity contribution in [3.63, 3.8) is 0 Å². The van der Waals surface area contributed by atoms with Gasteiger partial charge >= 0.3 is 15.4 Å². The molecule has 3 heteroatoms.